The van der Waals surface area contributed by atoms with Crippen LogP contribution in [0.4, 0.5) is 0 Å². The van der Waals surface area contributed by atoms with E-state index < -0.39 is 109 Å². The monoisotopic (exact) mass is 1520 g/mol. The van der Waals surface area contributed by atoms with Gasteiger partial charge in [-0.05, 0) is 38.5 Å². The molecule has 0 bridgehead atoms. The molecule has 0 saturated heterocycles. The maximum Gasteiger partial charge on any atom is 1.00 e. The molecule has 102 heavy (non-hydrogen) atoms. The summed E-state index contributed by atoms with van der Waals surface area (Å²) in [4.78, 5) is 98.7. The predicted octanol–water partition coefficient (Wildman–Crippen LogP) is 12.1. The molecule has 0 aliphatic carbocycles. The number of hydrogen-bond acceptors (Lipinski definition) is 22. The van der Waals surface area contributed by atoms with Gasteiger partial charge in [0.2, 0.25) is 0 Å². The van der Waals surface area contributed by atoms with Crippen molar-refractivity contribution in [3.05, 3.63) is 0 Å². The Bertz CT molecular complexity index is 2030. The van der Waals surface area contributed by atoms with Crippen LogP contribution in [0.1, 0.15) is 375 Å². The van der Waals surface area contributed by atoms with E-state index >= 15 is 0 Å². The molecule has 0 spiro atoms. The van der Waals surface area contributed by atoms with Crippen molar-refractivity contribution in [2.45, 2.75) is 400 Å². The number of carbonyl (C=O) groups excluding carboxylic acids is 6. The second-order valence-electron chi connectivity index (χ2n) is 26.9. The van der Waals surface area contributed by atoms with Gasteiger partial charge >= 0.3 is 94.9 Å². The van der Waals surface area contributed by atoms with E-state index in [0.717, 1.165) is 77.0 Å². The SMILES string of the molecule is CCCCCCCCCCCCCC(=O)OC[C@H](COP(=O)([O-])OCC(COC(=O)CCC)OC(=O)CCC)OC(=O)CCCCCCCCCCCCC.CCCCCCCCCCCCCC(=O)OC[C@H](COP(=O)([O-])OCC(O)CO)OC(=O)CCCCCCCCCCCCC.[Na+].[Na+]. The zero-order chi connectivity index (χ0) is 74.3. The molecule has 0 aliphatic rings. The molecule has 0 fully saturated rings. The van der Waals surface area contributed by atoms with E-state index in [1.165, 1.54) is 180 Å². The molecule has 0 saturated carbocycles. The van der Waals surface area contributed by atoms with Crippen molar-refractivity contribution in [3.8, 4) is 0 Å². The minimum Gasteiger partial charge on any atom is -0.756 e. The van der Waals surface area contributed by atoms with Crippen LogP contribution in [0.3, 0.4) is 0 Å². The molecule has 0 amide bonds. The number of ether oxygens (including phenoxy) is 6. The fourth-order valence-electron chi connectivity index (χ4n) is 10.8. The van der Waals surface area contributed by atoms with E-state index in [4.69, 9.17) is 47.1 Å². The van der Waals surface area contributed by atoms with Crippen molar-refractivity contribution in [3.63, 3.8) is 0 Å². The van der Waals surface area contributed by atoms with E-state index in [0.29, 0.717) is 38.5 Å². The van der Waals surface area contributed by atoms with Crippen LogP contribution in [-0.4, -0.2) is 123 Å². The largest absolute Gasteiger partial charge is 1.00 e. The Labute approximate surface area is 662 Å². The summed E-state index contributed by atoms with van der Waals surface area (Å²) in [5.41, 5.74) is 0. The number of carbonyl (C=O) groups is 6. The molecule has 0 aromatic rings. The number of aliphatic hydroxyl groups excluding tert-OH is 2. The van der Waals surface area contributed by atoms with Gasteiger partial charge in [-0.1, -0.05) is 298 Å². The first-order valence-electron chi connectivity index (χ1n) is 39.8. The average Bonchev–Trinajstić information content (AvgIpc) is 1.13. The summed E-state index contributed by atoms with van der Waals surface area (Å²) >= 11 is 0. The molecule has 0 aromatic heterocycles. The summed E-state index contributed by atoms with van der Waals surface area (Å²) in [7, 11) is -9.86. The molecule has 4 unspecified atom stereocenters. The molecule has 0 aliphatic heterocycles. The molecule has 592 valence electrons. The van der Waals surface area contributed by atoms with Crippen molar-refractivity contribution in [2.75, 3.05) is 52.9 Å². The molecule has 6 atom stereocenters. The number of phosphoric ester groups is 2. The van der Waals surface area contributed by atoms with Crippen molar-refractivity contribution >= 4 is 51.5 Å². The minimum atomic E-state index is -5.01. The van der Waals surface area contributed by atoms with Gasteiger partial charge in [0.15, 0.2) is 18.3 Å². The van der Waals surface area contributed by atoms with Gasteiger partial charge in [-0.2, -0.15) is 0 Å². The van der Waals surface area contributed by atoms with Gasteiger partial charge < -0.3 is 66.5 Å². The van der Waals surface area contributed by atoms with Crippen LogP contribution in [0.25, 0.3) is 0 Å². The zero-order valence-electron chi connectivity index (χ0n) is 65.7. The first kappa shape index (κ1) is 107. The van der Waals surface area contributed by atoms with E-state index in [-0.39, 0.29) is 117 Å². The topological polar surface area (TPSA) is 315 Å². The second-order valence-corrected chi connectivity index (χ2v) is 29.8. The Morgan fingerprint density at radius 3 is 0.686 bits per heavy atom. The standard InChI is InChI=1S/C42H79O12P.C34H67O10P.2Na/c1-5-9-11-13-15-17-19-21-23-25-27-31-40(44)50-34-38(54-42(46)32-28-26-24-22-20-18-16-14-12-10-6-2)36-52-55(47,48)51-35-37(53-41(45)30-8-4)33-49-39(43)29-7-3;1-3-5-7-9-11-13-15-17-19-21-23-25-33(37)41-29-32(30-43-45(39,40)42-28-31(36)27-35)44-34(38)26-24-22-20-18-16-14-12-10-8-6-4-2;;/h37-38H,5-36H2,1-4H3,(H,47,48);31-32,35-36H,3-30H2,1-2H3,(H,39,40);;/q;;2*+1/p-2/t37?,38-;31?,32-;;/m11../s1. The molecule has 26 heteroatoms. The number of phosphoric acid groups is 2. The first-order chi connectivity index (χ1) is 48.3. The number of aliphatic hydroxyl groups is 2. The summed E-state index contributed by atoms with van der Waals surface area (Å²) in [5, 5.41) is 18.2. The zero-order valence-corrected chi connectivity index (χ0v) is 71.5. The van der Waals surface area contributed by atoms with Crippen LogP contribution < -0.4 is 68.9 Å². The van der Waals surface area contributed by atoms with Crippen LogP contribution in [0.5, 0.6) is 0 Å². The molecule has 2 N–H and O–H groups in total. The molecular formula is C76H144Na2O22P2. The maximum absolute atomic E-state index is 12.7. The summed E-state index contributed by atoms with van der Waals surface area (Å²) in [6.45, 7) is 8.15. The second kappa shape index (κ2) is 79.5. The Kier molecular flexibility index (Phi) is 83.6. The van der Waals surface area contributed by atoms with Crippen LogP contribution in [0.2, 0.25) is 0 Å². The summed E-state index contributed by atoms with van der Waals surface area (Å²) in [5.74, 6) is -3.06. The van der Waals surface area contributed by atoms with Crippen molar-refractivity contribution < 1.29 is 164 Å². The van der Waals surface area contributed by atoms with Crippen LogP contribution in [0.15, 0.2) is 0 Å². The van der Waals surface area contributed by atoms with E-state index in [1.807, 2.05) is 0 Å². The van der Waals surface area contributed by atoms with E-state index in [9.17, 15) is 52.8 Å². The third kappa shape index (κ3) is 78.5. The Morgan fingerprint density at radius 2 is 0.461 bits per heavy atom. The van der Waals surface area contributed by atoms with Crippen LogP contribution in [-0.2, 0) is 84.4 Å². The number of hydrogen-bond donors (Lipinski definition) is 2. The van der Waals surface area contributed by atoms with Crippen molar-refractivity contribution in [2.24, 2.45) is 0 Å². The van der Waals surface area contributed by atoms with Crippen molar-refractivity contribution in [1.29, 1.82) is 0 Å². The normalized spacial score (nSPS) is 13.5. The van der Waals surface area contributed by atoms with Gasteiger partial charge in [0.25, 0.3) is 15.6 Å². The fourth-order valence-corrected chi connectivity index (χ4v) is 12.4. The maximum atomic E-state index is 12.7. The fraction of sp³-hybridized carbons (Fsp3) is 0.921. The summed E-state index contributed by atoms with van der Waals surface area (Å²) in [6.07, 6.45) is 47.8. The van der Waals surface area contributed by atoms with Gasteiger partial charge in [0.1, 0.15) is 25.9 Å². The Morgan fingerprint density at radius 1 is 0.275 bits per heavy atom. The van der Waals surface area contributed by atoms with E-state index in [1.54, 1.807) is 13.8 Å². The van der Waals surface area contributed by atoms with E-state index in [2.05, 4.69) is 32.2 Å². The van der Waals surface area contributed by atoms with Gasteiger partial charge in [0, 0.05) is 38.5 Å². The Hall–Kier alpha value is -1.04. The van der Waals surface area contributed by atoms with Crippen LogP contribution >= 0.6 is 15.6 Å². The first-order valence-corrected chi connectivity index (χ1v) is 42.8. The quantitative estimate of drug-likeness (QED) is 0.0188. The van der Waals surface area contributed by atoms with Gasteiger partial charge in [-0.15, -0.1) is 0 Å². The van der Waals surface area contributed by atoms with Gasteiger partial charge in [0.05, 0.1) is 33.0 Å². The summed E-state index contributed by atoms with van der Waals surface area (Å²) in [6, 6.07) is 0. The minimum absolute atomic E-state index is 0. The number of esters is 6. The smallest absolute Gasteiger partial charge is 0.756 e. The molecule has 0 radical (unpaired) electrons. The van der Waals surface area contributed by atoms with Gasteiger partial charge in [-0.3, -0.25) is 37.9 Å². The third-order valence-corrected chi connectivity index (χ3v) is 18.8. The molecule has 0 heterocycles. The number of rotatable bonds is 74. The van der Waals surface area contributed by atoms with Crippen LogP contribution in [0, 0.1) is 0 Å². The molecule has 0 aromatic carbocycles. The van der Waals surface area contributed by atoms with Gasteiger partial charge in [-0.25, -0.2) is 0 Å². The molecular weight excluding hydrogens is 1370 g/mol. The molecule has 22 nitrogen and oxygen atoms in total. The predicted molar refractivity (Wildman–Crippen MR) is 389 cm³/mol. The average molecular weight is 1520 g/mol. The van der Waals surface area contributed by atoms with Crippen molar-refractivity contribution in [1.82, 2.24) is 0 Å². The number of unbranched alkanes of at least 4 members (excludes halogenated alkanes) is 40. The Balaban J connectivity index is -0.000000941. The summed E-state index contributed by atoms with van der Waals surface area (Å²) < 4.78 is 76.1. The molecule has 0 rings (SSSR count). The third-order valence-electron chi connectivity index (χ3n) is 16.9.